The molecule has 2 atom stereocenters. The highest BCUT2D eigenvalue weighted by atomic mass is 15.2. The van der Waals surface area contributed by atoms with Crippen LogP contribution in [-0.2, 0) is 0 Å². The van der Waals surface area contributed by atoms with Crippen LogP contribution < -0.4 is 0 Å². The molecule has 3 heterocycles. The number of piperidine rings is 3. The molecule has 3 aliphatic heterocycles. The molecule has 1 aliphatic carbocycles. The third kappa shape index (κ3) is 3.52. The summed E-state index contributed by atoms with van der Waals surface area (Å²) in [7, 11) is 0. The van der Waals surface area contributed by atoms with Crippen molar-refractivity contribution in [3.8, 4) is 0 Å². The zero-order valence-electron chi connectivity index (χ0n) is 13.6. The van der Waals surface area contributed by atoms with Gasteiger partial charge in [-0.3, -0.25) is 0 Å². The van der Waals surface area contributed by atoms with Crippen molar-refractivity contribution in [3.63, 3.8) is 0 Å². The Kier molecular flexibility index (Phi) is 5.70. The molecule has 2 bridgehead atoms. The average molecular weight is 266 g/mol. The number of hydrogen-bond donors (Lipinski definition) is 0. The molecule has 3 saturated heterocycles. The zero-order valence-corrected chi connectivity index (χ0v) is 13.6. The van der Waals surface area contributed by atoms with Crippen LogP contribution >= 0.6 is 0 Å². The van der Waals surface area contributed by atoms with Crippen LogP contribution in [0.1, 0.15) is 47.0 Å². The Hall–Kier alpha value is -0.0800. The van der Waals surface area contributed by atoms with Gasteiger partial charge in [-0.1, -0.05) is 27.7 Å². The van der Waals surface area contributed by atoms with Gasteiger partial charge in [0.25, 0.3) is 0 Å². The van der Waals surface area contributed by atoms with Crippen molar-refractivity contribution < 1.29 is 0 Å². The summed E-state index contributed by atoms with van der Waals surface area (Å²) in [6.45, 7) is 16.9. The van der Waals surface area contributed by atoms with Gasteiger partial charge in [-0.25, -0.2) is 0 Å². The van der Waals surface area contributed by atoms with E-state index in [4.69, 9.17) is 0 Å². The van der Waals surface area contributed by atoms with Crippen molar-refractivity contribution in [2.45, 2.75) is 47.0 Å². The fraction of sp³-hybridized carbons (Fsp3) is 1.00. The number of rotatable bonds is 3. The minimum Gasteiger partial charge on any atom is -0.304 e. The van der Waals surface area contributed by atoms with Crippen LogP contribution in [0.3, 0.4) is 0 Å². The van der Waals surface area contributed by atoms with Crippen molar-refractivity contribution in [2.24, 2.45) is 23.7 Å². The molecule has 0 N–H and O–H groups in total. The smallest absolute Gasteiger partial charge is 0.00127 e. The van der Waals surface area contributed by atoms with Crippen LogP contribution in [0, 0.1) is 23.7 Å². The normalized spacial score (nSPS) is 36.3. The summed E-state index contributed by atoms with van der Waals surface area (Å²) in [6.07, 6.45) is 4.41. The minimum atomic E-state index is 0.991. The van der Waals surface area contributed by atoms with Gasteiger partial charge in [0.05, 0.1) is 0 Å². The van der Waals surface area contributed by atoms with Gasteiger partial charge in [0, 0.05) is 19.6 Å². The van der Waals surface area contributed by atoms with Crippen LogP contribution in [0.4, 0.5) is 0 Å². The van der Waals surface area contributed by atoms with Gasteiger partial charge in [-0.05, 0) is 62.6 Å². The lowest BCUT2D eigenvalue weighted by Gasteiger charge is -2.53. The Morgan fingerprint density at radius 2 is 1.53 bits per heavy atom. The quantitative estimate of drug-likeness (QED) is 0.773. The average Bonchev–Trinajstić information content (AvgIpc) is 2.49. The second kappa shape index (κ2) is 7.08. The molecule has 0 aromatic heterocycles. The molecule has 1 saturated carbocycles. The van der Waals surface area contributed by atoms with Crippen LogP contribution in [0.25, 0.3) is 0 Å². The van der Waals surface area contributed by atoms with Crippen LogP contribution in [0.5, 0.6) is 0 Å². The number of likely N-dealkylation sites (tertiary alicyclic amines) is 1. The van der Waals surface area contributed by atoms with Crippen LogP contribution in [-0.4, -0.2) is 49.1 Å². The molecule has 4 fully saturated rings. The summed E-state index contributed by atoms with van der Waals surface area (Å²) in [5.74, 6) is 4.12. The molecule has 0 amide bonds. The summed E-state index contributed by atoms with van der Waals surface area (Å²) in [5.41, 5.74) is 0. The van der Waals surface area contributed by atoms with Gasteiger partial charge in [-0.2, -0.15) is 0 Å². The highest BCUT2D eigenvalue weighted by molar-refractivity contribution is 4.95. The van der Waals surface area contributed by atoms with E-state index in [0.29, 0.717) is 0 Å². The number of nitrogens with zero attached hydrogens (tertiary/aromatic N) is 2. The molecule has 2 heteroatoms. The molecule has 0 aromatic carbocycles. The van der Waals surface area contributed by atoms with Crippen molar-refractivity contribution in [1.82, 2.24) is 9.80 Å². The molecule has 112 valence electrons. The zero-order chi connectivity index (χ0) is 13.8. The third-order valence-corrected chi connectivity index (χ3v) is 5.75. The second-order valence-electron chi connectivity index (χ2n) is 6.71. The largest absolute Gasteiger partial charge is 0.304 e. The van der Waals surface area contributed by atoms with E-state index < -0.39 is 0 Å². The molecule has 2 unspecified atom stereocenters. The first-order chi connectivity index (χ1) is 9.26. The van der Waals surface area contributed by atoms with Crippen molar-refractivity contribution in [3.05, 3.63) is 0 Å². The van der Waals surface area contributed by atoms with Gasteiger partial charge in [0.1, 0.15) is 0 Å². The summed E-state index contributed by atoms with van der Waals surface area (Å²) in [5, 5.41) is 0. The molecule has 0 spiro atoms. The Morgan fingerprint density at radius 1 is 0.947 bits per heavy atom. The molecular weight excluding hydrogens is 232 g/mol. The monoisotopic (exact) mass is 266 g/mol. The van der Waals surface area contributed by atoms with Crippen molar-refractivity contribution in [2.75, 3.05) is 39.3 Å². The van der Waals surface area contributed by atoms with E-state index in [9.17, 15) is 0 Å². The van der Waals surface area contributed by atoms with E-state index in [-0.39, 0.29) is 0 Å². The molecule has 0 aromatic rings. The first kappa shape index (κ1) is 15.3. The van der Waals surface area contributed by atoms with Gasteiger partial charge >= 0.3 is 0 Å². The lowest BCUT2D eigenvalue weighted by molar-refractivity contribution is -0.0417. The minimum absolute atomic E-state index is 0.991. The molecular formula is C17H34N2. The summed E-state index contributed by atoms with van der Waals surface area (Å²) >= 11 is 0. The number of fused-ring (bicyclic) bond motifs is 2. The van der Waals surface area contributed by atoms with Crippen molar-refractivity contribution in [1.29, 1.82) is 0 Å². The van der Waals surface area contributed by atoms with Crippen LogP contribution in [0.15, 0.2) is 0 Å². The second-order valence-corrected chi connectivity index (χ2v) is 6.71. The van der Waals surface area contributed by atoms with Gasteiger partial charge in [0.15, 0.2) is 0 Å². The molecule has 4 aliphatic rings. The Bertz CT molecular complexity index is 246. The highest BCUT2D eigenvalue weighted by Gasteiger charge is 2.43. The van der Waals surface area contributed by atoms with E-state index in [1.165, 1.54) is 58.5 Å². The lowest BCUT2D eigenvalue weighted by Crippen LogP contribution is -2.55. The molecule has 4 rings (SSSR count). The summed E-state index contributed by atoms with van der Waals surface area (Å²) in [6, 6.07) is 0. The van der Waals surface area contributed by atoms with Gasteiger partial charge in [-0.15, -0.1) is 0 Å². The lowest BCUT2D eigenvalue weighted by atomic mass is 9.62. The van der Waals surface area contributed by atoms with E-state index >= 15 is 0 Å². The van der Waals surface area contributed by atoms with Crippen molar-refractivity contribution >= 4 is 0 Å². The van der Waals surface area contributed by atoms with Gasteiger partial charge < -0.3 is 9.80 Å². The molecule has 19 heavy (non-hydrogen) atoms. The topological polar surface area (TPSA) is 6.48 Å². The fourth-order valence-electron chi connectivity index (χ4n) is 4.23. The maximum absolute atomic E-state index is 2.78. The Labute approximate surface area is 120 Å². The number of hydrogen-bond acceptors (Lipinski definition) is 2. The summed E-state index contributed by atoms with van der Waals surface area (Å²) < 4.78 is 0. The first-order valence-electron chi connectivity index (χ1n) is 8.71. The van der Waals surface area contributed by atoms with E-state index in [2.05, 4.69) is 23.6 Å². The highest BCUT2D eigenvalue weighted by Crippen LogP contribution is 2.45. The molecule has 2 nitrogen and oxygen atoms in total. The third-order valence-electron chi connectivity index (χ3n) is 5.75. The summed E-state index contributed by atoms with van der Waals surface area (Å²) in [4.78, 5) is 5.39. The Morgan fingerprint density at radius 3 is 2.00 bits per heavy atom. The fourth-order valence-corrected chi connectivity index (χ4v) is 4.23. The van der Waals surface area contributed by atoms with E-state index in [1.54, 1.807) is 0 Å². The van der Waals surface area contributed by atoms with E-state index in [1.807, 2.05) is 13.8 Å². The standard InChI is InChI=1S/C15H28N2.C2H6/c1-3-16-6-4-13(5-7-16)9-17-10-14-8-15(11-17)12(14)2;1-2/h12-15H,3-11H2,1-2H3;1-2H3. The maximum atomic E-state index is 2.78. The van der Waals surface area contributed by atoms with Crippen LogP contribution in [0.2, 0.25) is 0 Å². The Balaban J connectivity index is 0.000000637. The first-order valence-corrected chi connectivity index (χ1v) is 8.71. The predicted molar refractivity (Wildman–Crippen MR) is 83.4 cm³/mol. The molecule has 0 radical (unpaired) electrons. The predicted octanol–water partition coefficient (Wildman–Crippen LogP) is 3.33. The SMILES string of the molecule is CC.CCN1CCC(CN2CC3CC(C2)C3C)CC1. The van der Waals surface area contributed by atoms with Gasteiger partial charge in [0.2, 0.25) is 0 Å². The van der Waals surface area contributed by atoms with E-state index in [0.717, 1.165) is 23.7 Å². The maximum Gasteiger partial charge on any atom is 0.00127 e.